The van der Waals surface area contributed by atoms with Crippen LogP contribution in [-0.4, -0.2) is 113 Å². The minimum atomic E-state index is -5.29. The maximum Gasteiger partial charge on any atom is 0.370 e. The van der Waals surface area contributed by atoms with E-state index in [1.165, 1.54) is 0 Å². The molecule has 0 aliphatic rings. The highest BCUT2D eigenvalue weighted by molar-refractivity contribution is 5.76. The lowest BCUT2D eigenvalue weighted by Gasteiger charge is -2.51. The van der Waals surface area contributed by atoms with Crippen LogP contribution in [0.15, 0.2) is 0 Å². The summed E-state index contributed by atoms with van der Waals surface area (Å²) in [6.07, 6.45) is 5.77. The van der Waals surface area contributed by atoms with Crippen LogP contribution >= 0.6 is 0 Å². The molecule has 0 aliphatic heterocycles. The van der Waals surface area contributed by atoms with Gasteiger partial charge in [0.05, 0.1) is 0 Å². The van der Waals surface area contributed by atoms with Crippen LogP contribution < -0.4 is 0 Å². The molecule has 0 amide bonds. The van der Waals surface area contributed by atoms with Crippen LogP contribution in [0.4, 0.5) is 0 Å². The number of unbranched alkanes of at least 4 members (excludes halogenated alkanes) is 8. The van der Waals surface area contributed by atoms with Gasteiger partial charge in [0.2, 0.25) is 5.79 Å². The smallest absolute Gasteiger partial charge is 0.370 e. The highest BCUT2D eigenvalue weighted by Gasteiger charge is 2.80. The van der Waals surface area contributed by atoms with Crippen molar-refractivity contribution in [2.75, 3.05) is 0 Å². The average Bonchev–Trinajstić information content (AvgIpc) is 2.65. The van der Waals surface area contributed by atoms with E-state index >= 15 is 0 Å². The topological polar surface area (TPSA) is 312 Å². The predicted octanol–water partition coefficient (Wildman–Crippen LogP) is -4.75. The van der Waals surface area contributed by atoms with Crippen LogP contribution in [0.3, 0.4) is 0 Å². The number of rotatable bonds is 16. The fraction of sp³-hybridized carbons (Fsp3) is 0.944. The van der Waals surface area contributed by atoms with E-state index in [2.05, 4.69) is 6.92 Å². The van der Waals surface area contributed by atoms with Crippen LogP contribution in [0.25, 0.3) is 0 Å². The Labute approximate surface area is 189 Å². The first-order chi connectivity index (χ1) is 14.3. The molecule has 0 unspecified atom stereocenters. The van der Waals surface area contributed by atoms with Crippen LogP contribution in [0.2, 0.25) is 0 Å². The minimum Gasteiger partial charge on any atom is -0.477 e. The molecule has 200 valence electrons. The summed E-state index contributed by atoms with van der Waals surface area (Å²) in [6.45, 7) is 2.07. The molecule has 0 rings (SSSR count). The molecule has 0 aromatic heterocycles. The molecule has 0 aliphatic carbocycles. The van der Waals surface area contributed by atoms with Crippen molar-refractivity contribution in [2.24, 2.45) is 0 Å². The lowest BCUT2D eigenvalue weighted by atomic mass is 9.80. The molecule has 15 heteroatoms. The quantitative estimate of drug-likeness (QED) is 0.0707. The van der Waals surface area contributed by atoms with Crippen molar-refractivity contribution < 1.29 is 76.7 Å². The summed E-state index contributed by atoms with van der Waals surface area (Å²) in [6, 6.07) is 0. The Morgan fingerprint density at radius 3 is 1.24 bits per heavy atom. The van der Waals surface area contributed by atoms with Gasteiger partial charge < -0.3 is 71.9 Å². The minimum absolute atomic E-state index is 0. The molecule has 0 saturated carbocycles. The molecule has 15 nitrogen and oxygen atoms in total. The Hall–Kier alpha value is -1.05. The molecule has 0 fully saturated rings. The number of aliphatic carboxylic acids is 1. The maximum atomic E-state index is 10.8. The third-order valence-corrected chi connectivity index (χ3v) is 5.43. The fourth-order valence-corrected chi connectivity index (χ4v) is 3.01. The van der Waals surface area contributed by atoms with E-state index < -0.39 is 47.1 Å². The van der Waals surface area contributed by atoms with Gasteiger partial charge in [-0.1, -0.05) is 58.3 Å². The Bertz CT molecular complexity index is 598. The van der Waals surface area contributed by atoms with Gasteiger partial charge >= 0.3 is 11.8 Å². The van der Waals surface area contributed by atoms with Gasteiger partial charge in [0, 0.05) is 6.42 Å². The second-order valence-electron chi connectivity index (χ2n) is 8.06. The summed E-state index contributed by atoms with van der Waals surface area (Å²) in [5, 5.41) is 125. The molecule has 0 aromatic rings. The molecule has 0 radical (unpaired) electrons. The highest BCUT2D eigenvalue weighted by atomic mass is 16.7. The van der Waals surface area contributed by atoms with E-state index in [9.17, 15) is 66.1 Å². The molecule has 33 heavy (non-hydrogen) atoms. The van der Waals surface area contributed by atoms with Crippen LogP contribution in [-0.2, 0) is 4.79 Å². The number of hydrogen-bond donors (Lipinski definition) is 13. The van der Waals surface area contributed by atoms with Crippen molar-refractivity contribution in [3.63, 3.8) is 0 Å². The van der Waals surface area contributed by atoms with Crippen LogP contribution in [0, 0.1) is 0 Å². The average molecular weight is 494 g/mol. The standard InChI is InChI=1S/C18H36O14.H2O/c1-2-3-4-5-6-7-8-9-10-11-13(21,22)15(25,26)17(29,30)18(31,32)16(27,28)14(23,24)12(19)20;/h21-32H,2-11H2,1H3,(H,19,20);1H2. The maximum absolute atomic E-state index is 10.8. The summed E-state index contributed by atoms with van der Waals surface area (Å²) in [5.74, 6) is -32.2. The van der Waals surface area contributed by atoms with Crippen molar-refractivity contribution in [2.45, 2.75) is 106 Å². The van der Waals surface area contributed by atoms with Gasteiger partial charge in [-0.2, -0.15) is 0 Å². The zero-order valence-corrected chi connectivity index (χ0v) is 18.3. The van der Waals surface area contributed by atoms with Gasteiger partial charge in [-0.15, -0.1) is 0 Å². The second kappa shape index (κ2) is 12.1. The monoisotopic (exact) mass is 494 g/mol. The van der Waals surface area contributed by atoms with Crippen molar-refractivity contribution in [3.8, 4) is 0 Å². The van der Waals surface area contributed by atoms with E-state index in [4.69, 9.17) is 5.11 Å². The van der Waals surface area contributed by atoms with Gasteiger partial charge in [-0.3, -0.25) is 0 Å². The van der Waals surface area contributed by atoms with Gasteiger partial charge in [0.15, 0.2) is 0 Å². The lowest BCUT2D eigenvalue weighted by molar-refractivity contribution is -0.557. The second-order valence-corrected chi connectivity index (χ2v) is 8.06. The lowest BCUT2D eigenvalue weighted by Crippen LogP contribution is -2.85. The first-order valence-electron chi connectivity index (χ1n) is 10.2. The number of aliphatic hydroxyl groups is 12. The molecular formula is C18H38O15. The summed E-state index contributed by atoms with van der Waals surface area (Å²) in [7, 11) is 0. The summed E-state index contributed by atoms with van der Waals surface area (Å²) in [4.78, 5) is 10.8. The Morgan fingerprint density at radius 2 is 0.879 bits per heavy atom. The van der Waals surface area contributed by atoms with Crippen molar-refractivity contribution in [1.29, 1.82) is 0 Å². The number of hydrogen-bond acceptors (Lipinski definition) is 13. The highest BCUT2D eigenvalue weighted by Crippen LogP contribution is 2.43. The third kappa shape index (κ3) is 6.76. The summed E-state index contributed by atoms with van der Waals surface area (Å²) >= 11 is 0. The molecule has 0 saturated heterocycles. The molecule has 0 spiro atoms. The summed E-state index contributed by atoms with van der Waals surface area (Å²) < 4.78 is 0. The first-order valence-corrected chi connectivity index (χ1v) is 10.2. The largest absolute Gasteiger partial charge is 0.477 e. The van der Waals surface area contributed by atoms with E-state index in [1.54, 1.807) is 0 Å². The molecular weight excluding hydrogens is 456 g/mol. The van der Waals surface area contributed by atoms with Crippen molar-refractivity contribution in [1.82, 2.24) is 0 Å². The number of carboxylic acids is 1. The number of carbonyl (C=O) groups is 1. The van der Waals surface area contributed by atoms with Gasteiger partial charge in [0.1, 0.15) is 0 Å². The molecule has 0 bridgehead atoms. The Kier molecular flexibility index (Phi) is 12.5. The number of carboxylic acid groups (broad SMARTS) is 1. The molecule has 0 aromatic carbocycles. The van der Waals surface area contributed by atoms with Crippen molar-refractivity contribution in [3.05, 3.63) is 0 Å². The van der Waals surface area contributed by atoms with E-state index in [0.29, 0.717) is 12.8 Å². The van der Waals surface area contributed by atoms with E-state index in [-0.39, 0.29) is 11.9 Å². The van der Waals surface area contributed by atoms with E-state index in [0.717, 1.165) is 38.5 Å². The zero-order valence-electron chi connectivity index (χ0n) is 18.3. The van der Waals surface area contributed by atoms with Gasteiger partial charge in [-0.25, -0.2) is 4.79 Å². The third-order valence-electron chi connectivity index (χ3n) is 5.43. The summed E-state index contributed by atoms with van der Waals surface area (Å²) in [5.41, 5.74) is 0. The van der Waals surface area contributed by atoms with Crippen LogP contribution in [0.1, 0.15) is 71.1 Å². The van der Waals surface area contributed by atoms with E-state index in [1.807, 2.05) is 0 Å². The van der Waals surface area contributed by atoms with Crippen LogP contribution in [0.5, 0.6) is 0 Å². The Balaban J connectivity index is 0. The zero-order chi connectivity index (χ0) is 25.6. The van der Waals surface area contributed by atoms with Gasteiger partial charge in [0.25, 0.3) is 23.1 Å². The Morgan fingerprint density at radius 1 is 0.545 bits per heavy atom. The van der Waals surface area contributed by atoms with Crippen molar-refractivity contribution >= 4 is 5.97 Å². The molecule has 15 N–H and O–H groups in total. The van der Waals surface area contributed by atoms with Gasteiger partial charge in [-0.05, 0) is 6.42 Å². The fourth-order valence-electron chi connectivity index (χ4n) is 3.01. The molecule has 0 atom stereocenters. The molecule has 0 heterocycles. The SMILES string of the molecule is CCCCCCCCCCCC(O)(O)C(O)(O)C(O)(O)C(O)(O)C(O)(O)C(O)(O)C(=O)O.O. The normalized spacial score (nSPS) is 14.2. The predicted molar refractivity (Wildman–Crippen MR) is 106 cm³/mol. The first kappa shape index (κ1) is 34.1.